The van der Waals surface area contributed by atoms with E-state index in [-0.39, 0.29) is 27.3 Å². The Morgan fingerprint density at radius 3 is 1.14 bits per heavy atom. The minimum absolute atomic E-state index is 0. The van der Waals surface area contributed by atoms with Crippen LogP contribution in [0.3, 0.4) is 0 Å². The van der Waals surface area contributed by atoms with Gasteiger partial charge in [0.15, 0.2) is 0 Å². The maximum absolute atomic E-state index is 5.22. The zero-order valence-corrected chi connectivity index (χ0v) is 22.0. The van der Waals surface area contributed by atoms with Gasteiger partial charge in [0.1, 0.15) is 0 Å². The average molecular weight is 503 g/mol. The van der Waals surface area contributed by atoms with E-state index in [0.29, 0.717) is 0 Å². The normalized spacial score (nSPS) is 12.5. The predicted molar refractivity (Wildman–Crippen MR) is 136 cm³/mol. The third-order valence-corrected chi connectivity index (χ3v) is 5.66. The van der Waals surface area contributed by atoms with Crippen LogP contribution in [0.4, 0.5) is 0 Å². The van der Waals surface area contributed by atoms with Gasteiger partial charge < -0.3 is 50.5 Å². The van der Waals surface area contributed by atoms with Crippen molar-refractivity contribution in [3.05, 3.63) is 81.6 Å². The Morgan fingerprint density at radius 1 is 0.621 bits per heavy atom. The first-order chi connectivity index (χ1) is 12.9. The monoisotopic (exact) mass is 502 g/mol. The van der Waals surface area contributed by atoms with E-state index in [4.69, 9.17) is 50.5 Å². The molecule has 2 aromatic rings. The summed E-state index contributed by atoms with van der Waals surface area (Å²) in [6, 6.07) is 16.4. The summed E-state index contributed by atoms with van der Waals surface area (Å²) >= 11 is 20.2. The Bertz CT molecular complexity index is 769. The van der Waals surface area contributed by atoms with E-state index in [1.807, 2.05) is 36.4 Å². The quantitative estimate of drug-likeness (QED) is 0.328. The zero-order chi connectivity index (χ0) is 21.5. The summed E-state index contributed by atoms with van der Waals surface area (Å²) < 4.78 is 0. The molecule has 0 aliphatic rings. The first-order valence-corrected chi connectivity index (χ1v) is 10.9. The Hall–Kier alpha value is -0.706. The van der Waals surface area contributed by atoms with Gasteiger partial charge >= 0.3 is 0 Å². The number of benzene rings is 2. The molecule has 0 aliphatic carbocycles. The van der Waals surface area contributed by atoms with Gasteiger partial charge in [-0.25, -0.2) is 10.8 Å². The second-order valence-corrected chi connectivity index (χ2v) is 9.91. The van der Waals surface area contributed by atoms with Gasteiger partial charge in [0.05, 0.1) is 0 Å². The number of rotatable bonds is 2. The van der Waals surface area contributed by atoms with Gasteiger partial charge in [-0.1, -0.05) is 90.1 Å². The summed E-state index contributed by atoms with van der Waals surface area (Å²) in [7, 11) is 0. The standard InChI is InChI=1S/2C12H16S2.Ni/c2*1-12(2,3)10-7-5-4-6-9(10)11(14)8-13;/h2*4-8,13-14H,1-3H3;/p-4/b2*11-8-;. The van der Waals surface area contributed by atoms with Crippen molar-refractivity contribution in [3.8, 4) is 0 Å². The zero-order valence-electron chi connectivity index (χ0n) is 17.7. The van der Waals surface area contributed by atoms with Crippen LogP contribution in [0.15, 0.2) is 59.3 Å². The molecule has 0 unspecified atom stereocenters. The van der Waals surface area contributed by atoms with E-state index in [2.05, 4.69) is 53.7 Å². The molecule has 0 spiro atoms. The fourth-order valence-corrected chi connectivity index (χ4v) is 3.44. The van der Waals surface area contributed by atoms with Crippen molar-refractivity contribution in [2.24, 2.45) is 0 Å². The van der Waals surface area contributed by atoms with Gasteiger partial charge in [-0.15, -0.1) is 0 Å². The van der Waals surface area contributed by atoms with Crippen molar-refractivity contribution < 1.29 is 16.5 Å². The molecule has 29 heavy (non-hydrogen) atoms. The third-order valence-electron chi connectivity index (χ3n) is 4.22. The molecule has 0 bridgehead atoms. The molecule has 0 heterocycles. The van der Waals surface area contributed by atoms with Crippen molar-refractivity contribution in [2.45, 2.75) is 52.4 Å². The van der Waals surface area contributed by atoms with Crippen LogP contribution in [-0.4, -0.2) is 0 Å². The molecule has 0 aromatic heterocycles. The van der Waals surface area contributed by atoms with Crippen molar-refractivity contribution >= 4 is 60.3 Å². The summed E-state index contributed by atoms with van der Waals surface area (Å²) in [6.45, 7) is 13.1. The molecule has 0 N–H and O–H groups in total. The van der Waals surface area contributed by atoms with Gasteiger partial charge in [-0.2, -0.15) is 9.81 Å². The van der Waals surface area contributed by atoms with Crippen LogP contribution in [0.25, 0.3) is 9.81 Å². The molecule has 0 atom stereocenters. The van der Waals surface area contributed by atoms with E-state index >= 15 is 0 Å². The van der Waals surface area contributed by atoms with Crippen LogP contribution in [0.1, 0.15) is 63.8 Å². The van der Waals surface area contributed by atoms with Crippen molar-refractivity contribution in [3.63, 3.8) is 0 Å². The molecule has 0 saturated carbocycles. The maximum Gasteiger partial charge on any atom is 0 e. The predicted octanol–water partition coefficient (Wildman–Crippen LogP) is 6.75. The fraction of sp³-hybridized carbons (Fsp3) is 0.333. The second-order valence-electron chi connectivity index (χ2n) is 8.56. The topological polar surface area (TPSA) is 0 Å². The van der Waals surface area contributed by atoms with E-state index in [1.165, 1.54) is 11.1 Å². The van der Waals surface area contributed by atoms with Gasteiger partial charge in [-0.05, 0) is 33.1 Å². The second kappa shape index (κ2) is 12.2. The van der Waals surface area contributed by atoms with Crippen molar-refractivity contribution in [1.29, 1.82) is 0 Å². The van der Waals surface area contributed by atoms with E-state index in [1.54, 1.807) is 10.8 Å². The Morgan fingerprint density at radius 2 is 0.897 bits per heavy atom. The Labute approximate surface area is 209 Å². The fourth-order valence-electron chi connectivity index (χ4n) is 2.83. The minimum Gasteiger partial charge on any atom is -0.789 e. The first-order valence-electron chi connectivity index (χ1n) is 9.11. The summed E-state index contributed by atoms with van der Waals surface area (Å²) in [5.41, 5.74) is 4.91. The van der Waals surface area contributed by atoms with Gasteiger partial charge in [0.25, 0.3) is 0 Å². The molecule has 0 aliphatic heterocycles. The molecule has 162 valence electrons. The average Bonchev–Trinajstić information content (AvgIpc) is 2.66. The van der Waals surface area contributed by atoms with E-state index < -0.39 is 0 Å². The van der Waals surface area contributed by atoms with Crippen LogP contribution in [0.5, 0.6) is 0 Å². The van der Waals surface area contributed by atoms with E-state index in [9.17, 15) is 0 Å². The molecular formula is C24H28NiS4-4. The van der Waals surface area contributed by atoms with Gasteiger partial charge in [0, 0.05) is 16.5 Å². The number of hydrogen-bond donors (Lipinski definition) is 0. The molecule has 0 saturated heterocycles. The van der Waals surface area contributed by atoms with Gasteiger partial charge in [0.2, 0.25) is 0 Å². The van der Waals surface area contributed by atoms with Crippen LogP contribution in [-0.2, 0) is 77.8 Å². The largest absolute Gasteiger partial charge is 0.789 e. The van der Waals surface area contributed by atoms with E-state index in [0.717, 1.165) is 20.9 Å². The van der Waals surface area contributed by atoms with Crippen LogP contribution < -0.4 is 0 Å². The SMILES string of the molecule is CC(C)(C)c1ccccc1/C([S-])=C/[S-].CC(C)(C)c1ccccc1/C([S-])=C/[S-].[Ni]. The molecule has 5 heteroatoms. The smallest absolute Gasteiger partial charge is 0 e. The van der Waals surface area contributed by atoms with Crippen molar-refractivity contribution in [2.75, 3.05) is 0 Å². The van der Waals surface area contributed by atoms with Crippen LogP contribution >= 0.6 is 0 Å². The van der Waals surface area contributed by atoms with Crippen molar-refractivity contribution in [1.82, 2.24) is 0 Å². The summed E-state index contributed by atoms with van der Waals surface area (Å²) in [6.07, 6.45) is 0. The van der Waals surface area contributed by atoms with Crippen LogP contribution in [0, 0.1) is 0 Å². The molecule has 0 amide bonds. The summed E-state index contributed by atoms with van der Waals surface area (Å²) in [5, 5.41) is 3.14. The maximum atomic E-state index is 5.22. The molecule has 2 aromatic carbocycles. The first kappa shape index (κ1) is 28.3. The Balaban J connectivity index is 0.000000523. The molecule has 0 fully saturated rings. The molecular weight excluding hydrogens is 475 g/mol. The summed E-state index contributed by atoms with van der Waals surface area (Å²) in [5.74, 6) is 0. The van der Waals surface area contributed by atoms with Crippen LogP contribution in [0.2, 0.25) is 0 Å². The molecule has 0 nitrogen and oxygen atoms in total. The molecule has 0 radical (unpaired) electrons. The number of hydrogen-bond acceptors (Lipinski definition) is 4. The third kappa shape index (κ3) is 8.51. The Kier molecular flexibility index (Phi) is 11.9. The minimum atomic E-state index is 0. The van der Waals surface area contributed by atoms with Gasteiger partial charge in [-0.3, -0.25) is 0 Å². The molecule has 2 rings (SSSR count). The summed E-state index contributed by atoms with van der Waals surface area (Å²) in [4.78, 5) is 1.51.